The van der Waals surface area contributed by atoms with Gasteiger partial charge in [-0.25, -0.2) is 4.39 Å². The first-order valence-electron chi connectivity index (χ1n) is 12.0. The lowest BCUT2D eigenvalue weighted by atomic mass is 9.75. The summed E-state index contributed by atoms with van der Waals surface area (Å²) in [6.07, 6.45) is 15.1. The molecule has 2 saturated carbocycles. The molecule has 1 aliphatic heterocycles. The van der Waals surface area contributed by atoms with Gasteiger partial charge in [-0.3, -0.25) is 4.98 Å². The molecule has 3 fully saturated rings. The van der Waals surface area contributed by atoms with E-state index < -0.39 is 5.79 Å². The average molecular weight is 445 g/mol. The number of hydrogen-bond donors (Lipinski definition) is 0. The minimum atomic E-state index is -0.487. The Morgan fingerprint density at radius 1 is 1.00 bits per heavy atom. The van der Waals surface area contributed by atoms with Crippen LogP contribution in [0.15, 0.2) is 73.2 Å². The van der Waals surface area contributed by atoms with Crippen LogP contribution in [0.3, 0.4) is 0 Å². The highest BCUT2D eigenvalue weighted by Crippen LogP contribution is 2.56. The number of pyridine rings is 1. The molecule has 2 aromatic heterocycles. The van der Waals surface area contributed by atoms with Crippen LogP contribution in [-0.4, -0.2) is 28.6 Å². The second-order valence-electron chi connectivity index (χ2n) is 9.60. The molecule has 1 aromatic carbocycles. The van der Waals surface area contributed by atoms with Crippen molar-refractivity contribution in [2.45, 2.75) is 37.5 Å². The van der Waals surface area contributed by atoms with Crippen molar-refractivity contribution in [3.05, 3.63) is 84.7 Å². The molecule has 3 aliphatic rings. The van der Waals surface area contributed by atoms with Crippen molar-refractivity contribution >= 4 is 6.08 Å². The number of rotatable bonds is 4. The largest absolute Gasteiger partial charge is 0.351 e. The molecular formula is C28H29FN2O2. The molecule has 2 aliphatic carbocycles. The second kappa shape index (κ2) is 8.54. The maximum atomic E-state index is 13.6. The van der Waals surface area contributed by atoms with Gasteiger partial charge < -0.3 is 14.0 Å². The van der Waals surface area contributed by atoms with Crippen molar-refractivity contribution in [1.29, 1.82) is 0 Å². The molecule has 0 N–H and O–H groups in total. The first kappa shape index (κ1) is 20.8. The summed E-state index contributed by atoms with van der Waals surface area (Å²) in [6, 6.07) is 15.4. The zero-order chi connectivity index (χ0) is 22.3. The molecule has 3 aromatic rings. The lowest BCUT2D eigenvalue weighted by Crippen LogP contribution is -2.35. The van der Waals surface area contributed by atoms with E-state index in [-0.39, 0.29) is 11.7 Å². The van der Waals surface area contributed by atoms with Gasteiger partial charge in [0.1, 0.15) is 5.82 Å². The predicted octanol–water partition coefficient (Wildman–Crippen LogP) is 6.12. The number of aromatic nitrogens is 2. The number of ether oxygens (including phenoxy) is 2. The fourth-order valence-electron chi connectivity index (χ4n) is 6.27. The van der Waals surface area contributed by atoms with Crippen molar-refractivity contribution in [1.82, 2.24) is 9.55 Å². The molecule has 0 bridgehead atoms. The van der Waals surface area contributed by atoms with E-state index in [0.717, 1.165) is 23.2 Å². The van der Waals surface area contributed by atoms with Crippen LogP contribution in [0.2, 0.25) is 0 Å². The molecule has 4 nitrogen and oxygen atoms in total. The number of nitrogens with zero attached hydrogens (tertiary/aromatic N) is 2. The van der Waals surface area contributed by atoms with Crippen molar-refractivity contribution in [3.63, 3.8) is 0 Å². The zero-order valence-corrected chi connectivity index (χ0v) is 18.6. The van der Waals surface area contributed by atoms with Gasteiger partial charge in [-0.15, -0.1) is 0 Å². The van der Waals surface area contributed by atoms with Gasteiger partial charge in [0.25, 0.3) is 0 Å². The summed E-state index contributed by atoms with van der Waals surface area (Å²) >= 11 is 0. The van der Waals surface area contributed by atoms with Crippen molar-refractivity contribution in [3.8, 4) is 11.1 Å². The van der Waals surface area contributed by atoms with Gasteiger partial charge in [0.05, 0.1) is 18.9 Å². The summed E-state index contributed by atoms with van der Waals surface area (Å²) in [5.74, 6) is 0.680. The molecule has 1 spiro atoms. The maximum absolute atomic E-state index is 13.6. The Hall–Kier alpha value is -2.76. The van der Waals surface area contributed by atoms with Crippen LogP contribution in [0.25, 0.3) is 17.2 Å². The van der Waals surface area contributed by atoms with Gasteiger partial charge in [0, 0.05) is 42.5 Å². The van der Waals surface area contributed by atoms with Crippen LogP contribution < -0.4 is 0 Å². The lowest BCUT2D eigenvalue weighted by Gasteiger charge is -2.34. The third-order valence-corrected chi connectivity index (χ3v) is 7.77. The van der Waals surface area contributed by atoms with Gasteiger partial charge >= 0.3 is 0 Å². The van der Waals surface area contributed by atoms with Gasteiger partial charge in [-0.2, -0.15) is 0 Å². The first-order chi connectivity index (χ1) is 16.2. The number of halogens is 1. The predicted molar refractivity (Wildman–Crippen MR) is 126 cm³/mol. The second-order valence-corrected chi connectivity index (χ2v) is 9.60. The summed E-state index contributed by atoms with van der Waals surface area (Å²) in [7, 11) is 0. The van der Waals surface area contributed by atoms with Crippen LogP contribution in [0.5, 0.6) is 0 Å². The van der Waals surface area contributed by atoms with E-state index in [1.165, 1.54) is 31.4 Å². The Morgan fingerprint density at radius 2 is 1.85 bits per heavy atom. The van der Waals surface area contributed by atoms with Crippen LogP contribution in [0.1, 0.15) is 37.4 Å². The van der Waals surface area contributed by atoms with Crippen LogP contribution in [0.4, 0.5) is 4.39 Å². The summed E-state index contributed by atoms with van der Waals surface area (Å²) in [5, 5.41) is 0. The van der Waals surface area contributed by atoms with Crippen LogP contribution in [-0.2, 0) is 9.47 Å². The van der Waals surface area contributed by atoms with Crippen LogP contribution >= 0.6 is 0 Å². The molecule has 170 valence electrons. The van der Waals surface area contributed by atoms with Gasteiger partial charge in [0.15, 0.2) is 5.79 Å². The molecular weight excluding hydrogens is 415 g/mol. The fraction of sp³-hybridized carbons (Fsp3) is 0.393. The Balaban J connectivity index is 1.21. The molecule has 6 rings (SSSR count). The molecule has 5 heteroatoms. The van der Waals surface area contributed by atoms with E-state index in [1.807, 2.05) is 24.4 Å². The highest BCUT2D eigenvalue weighted by molar-refractivity contribution is 5.63. The molecule has 0 amide bonds. The summed E-state index contributed by atoms with van der Waals surface area (Å²) in [4.78, 5) is 4.62. The molecule has 0 unspecified atom stereocenters. The van der Waals surface area contributed by atoms with E-state index in [0.29, 0.717) is 31.1 Å². The lowest BCUT2D eigenvalue weighted by molar-refractivity contribution is -0.175. The fourth-order valence-corrected chi connectivity index (χ4v) is 6.27. The van der Waals surface area contributed by atoms with Gasteiger partial charge in [-0.1, -0.05) is 24.3 Å². The number of benzene rings is 1. The average Bonchev–Trinajstić information content (AvgIpc) is 3.59. The minimum absolute atomic E-state index is 0.236. The first-order valence-corrected chi connectivity index (χ1v) is 12.0. The highest BCUT2D eigenvalue weighted by atomic mass is 19.1. The molecule has 4 atom stereocenters. The Labute approximate surface area is 194 Å². The van der Waals surface area contributed by atoms with Crippen molar-refractivity contribution in [2.75, 3.05) is 13.2 Å². The van der Waals surface area contributed by atoms with Crippen molar-refractivity contribution in [2.24, 2.45) is 17.8 Å². The third-order valence-electron chi connectivity index (χ3n) is 7.77. The summed E-state index contributed by atoms with van der Waals surface area (Å²) < 4.78 is 28.5. The Bertz CT molecular complexity index is 1120. The van der Waals surface area contributed by atoms with E-state index in [9.17, 15) is 4.39 Å². The summed E-state index contributed by atoms with van der Waals surface area (Å²) in [6.45, 7) is 1.34. The third kappa shape index (κ3) is 3.94. The SMILES string of the molecule is Fc1cccc(-c2ccc(/C=C/[C@H]3[C@@H]4CC[C@@H](n5cccc5)C[C@@H]4CC34OCCO4)nc2)c1. The molecule has 3 heterocycles. The smallest absolute Gasteiger partial charge is 0.175 e. The van der Waals surface area contributed by atoms with E-state index >= 15 is 0 Å². The van der Waals surface area contributed by atoms with Gasteiger partial charge in [-0.05, 0) is 73.1 Å². The maximum Gasteiger partial charge on any atom is 0.175 e. The van der Waals surface area contributed by atoms with Gasteiger partial charge in [0.2, 0.25) is 0 Å². The van der Waals surface area contributed by atoms with E-state index in [2.05, 4.69) is 46.2 Å². The normalized spacial score (nSPS) is 28.5. The Kier molecular flexibility index (Phi) is 5.39. The quantitative estimate of drug-likeness (QED) is 0.486. The molecule has 1 saturated heterocycles. The number of fused-ring (bicyclic) bond motifs is 1. The van der Waals surface area contributed by atoms with Crippen molar-refractivity contribution < 1.29 is 13.9 Å². The number of hydrogen-bond acceptors (Lipinski definition) is 3. The summed E-state index contributed by atoms with van der Waals surface area (Å²) in [5.41, 5.74) is 2.64. The topological polar surface area (TPSA) is 36.3 Å². The van der Waals surface area contributed by atoms with E-state index in [4.69, 9.17) is 9.47 Å². The monoisotopic (exact) mass is 444 g/mol. The van der Waals surface area contributed by atoms with Crippen LogP contribution in [0, 0.1) is 23.6 Å². The minimum Gasteiger partial charge on any atom is -0.351 e. The molecule has 0 radical (unpaired) electrons. The molecule has 33 heavy (non-hydrogen) atoms. The standard InChI is InChI=1S/C28H29FN2O2/c29-23-5-3-4-20(16-23)21-6-7-24(30-19-21)8-11-27-26-10-9-25(31-12-1-2-13-31)17-22(26)18-28(27)32-14-15-33-28/h1-8,11-13,16,19,22,25-27H,9-10,14-15,17-18H2/b11-8+/t22-,25-,26-,27+/m1/s1. The van der Waals surface area contributed by atoms with E-state index in [1.54, 1.807) is 6.07 Å². The Morgan fingerprint density at radius 3 is 2.61 bits per heavy atom. The zero-order valence-electron chi connectivity index (χ0n) is 18.6. The highest BCUT2D eigenvalue weighted by Gasteiger charge is 2.57.